The van der Waals surface area contributed by atoms with Crippen molar-refractivity contribution in [2.75, 3.05) is 5.43 Å². The summed E-state index contributed by atoms with van der Waals surface area (Å²) in [6.07, 6.45) is 1.73. The van der Waals surface area contributed by atoms with Gasteiger partial charge in [0.2, 0.25) is 0 Å². The Balaban J connectivity index is 1.54. The number of anilines is 1. The molecule has 0 bridgehead atoms. The summed E-state index contributed by atoms with van der Waals surface area (Å²) in [5.74, 6) is 0.760. The molecule has 3 rings (SSSR count). The summed E-state index contributed by atoms with van der Waals surface area (Å²) in [5, 5.41) is 5.91. The summed E-state index contributed by atoms with van der Waals surface area (Å²) in [4.78, 5) is 0. The van der Waals surface area contributed by atoms with Crippen LogP contribution in [0.1, 0.15) is 11.1 Å². The third kappa shape index (κ3) is 5.40. The fraction of sp³-hybridized carbons (Fsp3) is 0.0500. The van der Waals surface area contributed by atoms with Gasteiger partial charge in [0, 0.05) is 5.02 Å². The van der Waals surface area contributed by atoms with Gasteiger partial charge in [-0.1, -0.05) is 46.9 Å². The van der Waals surface area contributed by atoms with E-state index in [0.717, 1.165) is 22.6 Å². The van der Waals surface area contributed by atoms with Crippen LogP contribution in [0.5, 0.6) is 5.75 Å². The standard InChI is InChI=1S/C20H15Cl3N2O/c21-16-2-1-3-17(11-16)25-24-12-14-4-7-18(8-5-14)26-13-15-6-9-19(22)20(23)10-15/h1-12,25H,13H2. The SMILES string of the molecule is Clc1cccc(NN=Cc2ccc(OCc3ccc(Cl)c(Cl)c3)cc2)c1. The van der Waals surface area contributed by atoms with Gasteiger partial charge in [-0.3, -0.25) is 5.43 Å². The van der Waals surface area contributed by atoms with E-state index in [1.165, 1.54) is 0 Å². The number of hydrazone groups is 1. The Kier molecular flexibility index (Phi) is 6.40. The molecule has 1 N–H and O–H groups in total. The van der Waals surface area contributed by atoms with Gasteiger partial charge in [0.15, 0.2) is 0 Å². The van der Waals surface area contributed by atoms with Gasteiger partial charge in [-0.2, -0.15) is 5.10 Å². The fourth-order valence-electron chi connectivity index (χ4n) is 2.19. The van der Waals surface area contributed by atoms with E-state index in [-0.39, 0.29) is 0 Å². The molecule has 0 aliphatic rings. The first-order valence-corrected chi connectivity index (χ1v) is 8.95. The van der Waals surface area contributed by atoms with Crippen molar-refractivity contribution < 1.29 is 4.74 Å². The summed E-state index contributed by atoms with van der Waals surface area (Å²) in [7, 11) is 0. The average molecular weight is 406 g/mol. The Morgan fingerprint density at radius 2 is 1.69 bits per heavy atom. The van der Waals surface area contributed by atoms with Crippen LogP contribution >= 0.6 is 34.8 Å². The minimum absolute atomic E-state index is 0.417. The molecule has 3 aromatic carbocycles. The number of ether oxygens (including phenoxy) is 1. The van der Waals surface area contributed by atoms with Crippen LogP contribution in [0.4, 0.5) is 5.69 Å². The van der Waals surface area contributed by atoms with Crippen molar-refractivity contribution >= 4 is 46.7 Å². The lowest BCUT2D eigenvalue weighted by Crippen LogP contribution is -1.96. The van der Waals surface area contributed by atoms with E-state index in [4.69, 9.17) is 39.5 Å². The van der Waals surface area contributed by atoms with Crippen molar-refractivity contribution in [3.63, 3.8) is 0 Å². The average Bonchev–Trinajstić information content (AvgIpc) is 2.64. The fourth-order valence-corrected chi connectivity index (χ4v) is 2.70. The summed E-state index contributed by atoms with van der Waals surface area (Å²) in [6.45, 7) is 0.417. The van der Waals surface area contributed by atoms with Crippen LogP contribution < -0.4 is 10.2 Å². The Labute approximate surface area is 167 Å². The second-order valence-corrected chi connectivity index (χ2v) is 6.74. The van der Waals surface area contributed by atoms with E-state index in [9.17, 15) is 0 Å². The van der Waals surface area contributed by atoms with Crippen molar-refractivity contribution in [3.05, 3.63) is 92.9 Å². The normalized spacial score (nSPS) is 10.9. The number of benzene rings is 3. The molecule has 3 aromatic rings. The highest BCUT2D eigenvalue weighted by Crippen LogP contribution is 2.23. The van der Waals surface area contributed by atoms with Crippen molar-refractivity contribution in [1.82, 2.24) is 0 Å². The molecule has 0 saturated heterocycles. The molecule has 132 valence electrons. The molecule has 0 amide bonds. The van der Waals surface area contributed by atoms with Crippen molar-refractivity contribution in [3.8, 4) is 5.75 Å². The summed E-state index contributed by atoms with van der Waals surface area (Å²) < 4.78 is 5.75. The largest absolute Gasteiger partial charge is 0.489 e. The topological polar surface area (TPSA) is 33.6 Å². The van der Waals surface area contributed by atoms with E-state index < -0.39 is 0 Å². The molecule has 0 saturated carbocycles. The van der Waals surface area contributed by atoms with Gasteiger partial charge >= 0.3 is 0 Å². The lowest BCUT2D eigenvalue weighted by Gasteiger charge is -2.07. The Morgan fingerprint density at radius 3 is 2.42 bits per heavy atom. The maximum atomic E-state index is 6.00. The molecule has 26 heavy (non-hydrogen) atoms. The van der Waals surface area contributed by atoms with Crippen molar-refractivity contribution in [2.24, 2.45) is 5.10 Å². The van der Waals surface area contributed by atoms with Crippen LogP contribution in [0.2, 0.25) is 15.1 Å². The molecule has 0 heterocycles. The smallest absolute Gasteiger partial charge is 0.119 e. The first-order valence-electron chi connectivity index (χ1n) is 7.81. The lowest BCUT2D eigenvalue weighted by molar-refractivity contribution is 0.306. The maximum Gasteiger partial charge on any atom is 0.119 e. The summed E-state index contributed by atoms with van der Waals surface area (Å²) in [5.41, 5.74) is 5.66. The van der Waals surface area contributed by atoms with Crippen LogP contribution in [0.3, 0.4) is 0 Å². The van der Waals surface area contributed by atoms with Crippen molar-refractivity contribution in [1.29, 1.82) is 0 Å². The highest BCUT2D eigenvalue weighted by Gasteiger charge is 2.01. The summed E-state index contributed by atoms with van der Waals surface area (Å²) in [6, 6.07) is 20.4. The number of halogens is 3. The third-order valence-corrected chi connectivity index (χ3v) is 4.48. The van der Waals surface area contributed by atoms with Gasteiger partial charge in [0.05, 0.1) is 21.9 Å². The molecule has 0 spiro atoms. The van der Waals surface area contributed by atoms with Gasteiger partial charge in [0.25, 0.3) is 0 Å². The zero-order valence-corrected chi connectivity index (χ0v) is 15.9. The number of nitrogens with zero attached hydrogens (tertiary/aromatic N) is 1. The zero-order valence-electron chi connectivity index (χ0n) is 13.6. The molecule has 0 aliphatic heterocycles. The molecule has 3 nitrogen and oxygen atoms in total. The Morgan fingerprint density at radius 1 is 0.885 bits per heavy atom. The molecule has 0 atom stereocenters. The highest BCUT2D eigenvalue weighted by molar-refractivity contribution is 6.42. The number of rotatable bonds is 6. The van der Waals surface area contributed by atoms with E-state index in [1.807, 2.05) is 48.5 Å². The quantitative estimate of drug-likeness (QED) is 0.367. The monoisotopic (exact) mass is 404 g/mol. The van der Waals surface area contributed by atoms with E-state index in [0.29, 0.717) is 21.7 Å². The molecule has 0 aliphatic carbocycles. The second kappa shape index (κ2) is 8.95. The second-order valence-electron chi connectivity index (χ2n) is 5.49. The maximum absolute atomic E-state index is 6.00. The predicted octanol–water partition coefficient (Wildman–Crippen LogP) is 6.67. The first-order chi connectivity index (χ1) is 12.6. The molecule has 0 aromatic heterocycles. The van der Waals surface area contributed by atoms with Crippen LogP contribution in [-0.2, 0) is 6.61 Å². The first kappa shape index (κ1) is 18.6. The van der Waals surface area contributed by atoms with Gasteiger partial charge in [-0.05, 0) is 65.7 Å². The third-order valence-electron chi connectivity index (χ3n) is 3.50. The lowest BCUT2D eigenvalue weighted by atomic mass is 10.2. The summed E-state index contributed by atoms with van der Waals surface area (Å²) >= 11 is 17.8. The molecule has 0 unspecified atom stereocenters. The van der Waals surface area contributed by atoms with Gasteiger partial charge in [-0.25, -0.2) is 0 Å². The molecule has 0 fully saturated rings. The van der Waals surface area contributed by atoms with Crippen molar-refractivity contribution in [2.45, 2.75) is 6.61 Å². The minimum Gasteiger partial charge on any atom is -0.489 e. The number of nitrogens with one attached hydrogen (secondary N) is 1. The van der Waals surface area contributed by atoms with Gasteiger partial charge < -0.3 is 4.74 Å². The van der Waals surface area contributed by atoms with Crippen LogP contribution in [0.25, 0.3) is 0 Å². The molecule has 0 radical (unpaired) electrons. The Bertz CT molecular complexity index is 911. The van der Waals surface area contributed by atoms with Gasteiger partial charge in [0.1, 0.15) is 12.4 Å². The van der Waals surface area contributed by atoms with Crippen LogP contribution in [0, 0.1) is 0 Å². The van der Waals surface area contributed by atoms with Crippen LogP contribution in [0.15, 0.2) is 71.8 Å². The molecular weight excluding hydrogens is 391 g/mol. The van der Waals surface area contributed by atoms with E-state index in [2.05, 4.69) is 10.5 Å². The van der Waals surface area contributed by atoms with Crippen LogP contribution in [-0.4, -0.2) is 6.21 Å². The predicted molar refractivity (Wildman–Crippen MR) is 110 cm³/mol. The minimum atomic E-state index is 0.417. The van der Waals surface area contributed by atoms with E-state index in [1.54, 1.807) is 24.4 Å². The highest BCUT2D eigenvalue weighted by atomic mass is 35.5. The Hall–Kier alpha value is -2.20. The van der Waals surface area contributed by atoms with E-state index >= 15 is 0 Å². The zero-order chi connectivity index (χ0) is 18.4. The molecule has 6 heteroatoms. The molecular formula is C20H15Cl3N2O. The number of hydrogen-bond acceptors (Lipinski definition) is 3. The van der Waals surface area contributed by atoms with Gasteiger partial charge in [-0.15, -0.1) is 0 Å². The number of hydrogen-bond donors (Lipinski definition) is 1.